The molecule has 2 atom stereocenters. The number of thioether (sulfide) groups is 2. The van der Waals surface area contributed by atoms with Gasteiger partial charge >= 0.3 is 5.97 Å². The van der Waals surface area contributed by atoms with Crippen molar-refractivity contribution in [1.29, 1.82) is 0 Å². The third-order valence-corrected chi connectivity index (χ3v) is 12.0. The number of hydrogen-bond donors (Lipinski definition) is 2. The first-order chi connectivity index (χ1) is 26.5. The fourth-order valence-corrected chi connectivity index (χ4v) is 9.43. The SMILES string of the molecule is CON=C(C(=O)NC1C(=O)N2C(C(=O)OC(C)(C)C)=C(Sc3nnnn3C)SCC12)c1csc(NC(c2ccccc2)(c2ccccc2)c2ccccc2)n1. The molecular weight excluding hydrogens is 759 g/mol. The first-order valence-corrected chi connectivity index (χ1v) is 19.8. The highest BCUT2D eigenvalue weighted by Crippen LogP contribution is 2.46. The number of thiazole rings is 1. The van der Waals surface area contributed by atoms with Crippen molar-refractivity contribution >= 4 is 63.5 Å². The zero-order chi connectivity index (χ0) is 38.7. The Balaban J connectivity index is 1.15. The van der Waals surface area contributed by atoms with Gasteiger partial charge in [0.15, 0.2) is 16.5 Å². The number of aryl methyl sites for hydroxylation is 1. The van der Waals surface area contributed by atoms with Gasteiger partial charge in [-0.05, 0) is 59.7 Å². The number of aromatic nitrogens is 5. The molecule has 5 aromatic rings. The van der Waals surface area contributed by atoms with Crippen molar-refractivity contribution in [2.45, 2.75) is 49.2 Å². The number of carbonyl (C=O) groups is 3. The molecule has 17 heteroatoms. The number of benzene rings is 3. The van der Waals surface area contributed by atoms with Gasteiger partial charge in [0.05, 0.1) is 10.3 Å². The summed E-state index contributed by atoms with van der Waals surface area (Å²) >= 11 is 3.83. The zero-order valence-corrected chi connectivity index (χ0v) is 32.9. The van der Waals surface area contributed by atoms with Gasteiger partial charge in [0.25, 0.3) is 11.8 Å². The van der Waals surface area contributed by atoms with Crippen LogP contribution in [0, 0.1) is 0 Å². The molecule has 7 rings (SSSR count). The predicted octanol–water partition coefficient (Wildman–Crippen LogP) is 5.17. The van der Waals surface area contributed by atoms with E-state index in [-0.39, 0.29) is 17.1 Å². The summed E-state index contributed by atoms with van der Waals surface area (Å²) in [4.78, 5) is 52.7. The second-order valence-corrected chi connectivity index (χ2v) is 16.6. The number of ether oxygens (including phenoxy) is 1. The summed E-state index contributed by atoms with van der Waals surface area (Å²) in [5.41, 5.74) is 1.52. The summed E-state index contributed by atoms with van der Waals surface area (Å²) in [6.07, 6.45) is 0. The number of anilines is 1. The molecule has 0 spiro atoms. The van der Waals surface area contributed by atoms with Crippen LogP contribution in [-0.4, -0.2) is 84.1 Å². The number of hydrogen-bond acceptors (Lipinski definition) is 14. The number of oxime groups is 1. The van der Waals surface area contributed by atoms with Gasteiger partial charge in [-0.3, -0.25) is 14.5 Å². The third kappa shape index (κ3) is 7.59. The largest absolute Gasteiger partial charge is 0.455 e. The van der Waals surface area contributed by atoms with Gasteiger partial charge in [-0.1, -0.05) is 96.2 Å². The van der Waals surface area contributed by atoms with Crippen LogP contribution >= 0.6 is 34.9 Å². The van der Waals surface area contributed by atoms with Gasteiger partial charge in [0.2, 0.25) is 5.16 Å². The number of rotatable bonds is 12. The fourth-order valence-electron chi connectivity index (χ4n) is 6.34. The molecule has 0 saturated carbocycles. The highest BCUT2D eigenvalue weighted by Gasteiger charge is 2.55. The number of carbonyl (C=O) groups excluding carboxylic acids is 3. The molecule has 2 unspecified atom stereocenters. The quantitative estimate of drug-likeness (QED) is 0.0561. The Bertz CT molecular complexity index is 2160. The number of esters is 1. The summed E-state index contributed by atoms with van der Waals surface area (Å²) in [5, 5.41) is 24.8. The minimum Gasteiger partial charge on any atom is -0.455 e. The van der Waals surface area contributed by atoms with E-state index in [1.165, 1.54) is 51.6 Å². The summed E-state index contributed by atoms with van der Waals surface area (Å²) in [6, 6.07) is 28.8. The van der Waals surface area contributed by atoms with Crippen LogP contribution < -0.4 is 10.6 Å². The molecule has 2 N–H and O–H groups in total. The van der Waals surface area contributed by atoms with E-state index in [4.69, 9.17) is 14.6 Å². The number of nitrogens with one attached hydrogen (secondary N) is 2. The molecule has 1 saturated heterocycles. The third-order valence-electron chi connectivity index (χ3n) is 8.74. The van der Waals surface area contributed by atoms with Crippen molar-refractivity contribution < 1.29 is 24.0 Å². The second kappa shape index (κ2) is 15.7. The molecule has 2 amide bonds. The first-order valence-electron chi connectivity index (χ1n) is 17.2. The number of nitrogens with zero attached hydrogens (tertiary/aromatic N) is 7. The molecule has 2 aromatic heterocycles. The molecule has 14 nitrogen and oxygen atoms in total. The van der Waals surface area contributed by atoms with Gasteiger partial charge < -0.3 is 20.2 Å². The van der Waals surface area contributed by atoms with Crippen LogP contribution in [0.3, 0.4) is 0 Å². The Morgan fingerprint density at radius 3 is 2.07 bits per heavy atom. The standard InChI is InChI=1S/C38H37N9O5S3/c1-37(2,3)52-33(50)30-34(55-36-42-44-45-46(36)4)53-22-27-29(32(49)47(27)30)40-31(48)28(43-51-5)26-21-54-35(39-26)41-38(23-15-9-6-10-16-23,24-17-11-7-12-18-24)25-19-13-8-14-20-25/h6-21,27,29H,22H2,1-5H3,(H,39,41)(H,40,48). The predicted molar refractivity (Wildman–Crippen MR) is 211 cm³/mol. The van der Waals surface area contributed by atoms with Gasteiger partial charge in [-0.15, -0.1) is 28.2 Å². The number of β-lactam (4-membered cyclic amide) rings is 1. The lowest BCUT2D eigenvalue weighted by molar-refractivity contribution is -0.160. The maximum absolute atomic E-state index is 13.9. The van der Waals surface area contributed by atoms with Crippen LogP contribution in [0.15, 0.2) is 117 Å². The first kappa shape index (κ1) is 37.8. The highest BCUT2D eigenvalue weighted by atomic mass is 32.2. The molecule has 2 aliphatic rings. The van der Waals surface area contributed by atoms with E-state index in [9.17, 15) is 14.4 Å². The van der Waals surface area contributed by atoms with Crippen LogP contribution in [0.25, 0.3) is 0 Å². The Kier molecular flexibility index (Phi) is 10.8. The lowest BCUT2D eigenvalue weighted by Gasteiger charge is -2.50. The zero-order valence-electron chi connectivity index (χ0n) is 30.5. The van der Waals surface area contributed by atoms with Crippen LogP contribution in [0.1, 0.15) is 43.2 Å². The Hall–Kier alpha value is -5.52. The van der Waals surface area contributed by atoms with E-state index in [0.717, 1.165) is 16.7 Å². The van der Waals surface area contributed by atoms with Gasteiger partial charge in [0, 0.05) is 18.2 Å². The van der Waals surface area contributed by atoms with E-state index >= 15 is 0 Å². The van der Waals surface area contributed by atoms with E-state index < -0.39 is 41.0 Å². The van der Waals surface area contributed by atoms with Gasteiger partial charge in [0.1, 0.15) is 30.0 Å². The maximum Gasteiger partial charge on any atom is 0.357 e. The summed E-state index contributed by atoms with van der Waals surface area (Å²) in [6.45, 7) is 5.25. The number of fused-ring (bicyclic) bond motifs is 1. The summed E-state index contributed by atoms with van der Waals surface area (Å²) in [5.74, 6) is -1.40. The lowest BCUT2D eigenvalue weighted by atomic mass is 9.77. The average molecular weight is 796 g/mol. The molecular formula is C38H37N9O5S3. The summed E-state index contributed by atoms with van der Waals surface area (Å²) in [7, 11) is 3.02. The van der Waals surface area contributed by atoms with Crippen molar-refractivity contribution in [3.05, 3.63) is 129 Å². The fraction of sp³-hybridized carbons (Fsp3) is 0.263. The topological polar surface area (TPSA) is 166 Å². The van der Waals surface area contributed by atoms with Crippen molar-refractivity contribution in [1.82, 2.24) is 35.4 Å². The molecule has 3 aromatic carbocycles. The van der Waals surface area contributed by atoms with Crippen molar-refractivity contribution in [2.24, 2.45) is 12.2 Å². The van der Waals surface area contributed by atoms with Crippen molar-refractivity contribution in [2.75, 3.05) is 18.2 Å². The van der Waals surface area contributed by atoms with Crippen LogP contribution in [0.2, 0.25) is 0 Å². The molecule has 4 heterocycles. The van der Waals surface area contributed by atoms with E-state index in [2.05, 4.69) is 67.7 Å². The molecule has 2 aliphatic heterocycles. The lowest BCUT2D eigenvalue weighted by Crippen LogP contribution is -2.73. The molecule has 0 aliphatic carbocycles. The highest BCUT2D eigenvalue weighted by molar-refractivity contribution is 8.22. The Morgan fingerprint density at radius 1 is 0.945 bits per heavy atom. The van der Waals surface area contributed by atoms with Gasteiger partial charge in [-0.25, -0.2) is 14.5 Å². The normalized spacial score (nSPS) is 17.3. The second-order valence-electron chi connectivity index (χ2n) is 13.5. The van der Waals surface area contributed by atoms with Crippen LogP contribution in [-0.2, 0) is 36.5 Å². The molecule has 1 fully saturated rings. The summed E-state index contributed by atoms with van der Waals surface area (Å²) < 4.78 is 7.70. The Labute approximate surface area is 329 Å². The molecule has 0 radical (unpaired) electrons. The minimum atomic E-state index is -0.944. The average Bonchev–Trinajstić information content (AvgIpc) is 3.83. The minimum absolute atomic E-state index is 0.0828. The smallest absolute Gasteiger partial charge is 0.357 e. The van der Waals surface area contributed by atoms with Crippen molar-refractivity contribution in [3.63, 3.8) is 0 Å². The van der Waals surface area contributed by atoms with E-state index in [0.29, 0.717) is 20.3 Å². The molecule has 0 bridgehead atoms. The van der Waals surface area contributed by atoms with Gasteiger partial charge in [-0.2, -0.15) is 0 Å². The van der Waals surface area contributed by atoms with E-state index in [1.54, 1.807) is 33.2 Å². The number of tetrazole rings is 1. The van der Waals surface area contributed by atoms with Crippen molar-refractivity contribution in [3.8, 4) is 0 Å². The molecule has 55 heavy (non-hydrogen) atoms. The number of amides is 2. The molecule has 282 valence electrons. The van der Waals surface area contributed by atoms with Crippen LogP contribution in [0.4, 0.5) is 5.13 Å². The van der Waals surface area contributed by atoms with Crippen LogP contribution in [0.5, 0.6) is 0 Å². The Morgan fingerprint density at radius 2 is 1.55 bits per heavy atom. The maximum atomic E-state index is 13.9. The van der Waals surface area contributed by atoms with E-state index in [1.807, 2.05) is 54.6 Å². The monoisotopic (exact) mass is 795 g/mol.